The van der Waals surface area contributed by atoms with Gasteiger partial charge in [-0.3, -0.25) is 0 Å². The molecule has 1 aromatic carbocycles. The smallest absolute Gasteiger partial charge is 0.131 e. The fourth-order valence-electron chi connectivity index (χ4n) is 2.40. The van der Waals surface area contributed by atoms with Crippen molar-refractivity contribution in [3.8, 4) is 0 Å². The summed E-state index contributed by atoms with van der Waals surface area (Å²) in [5.41, 5.74) is 9.90. The molecule has 2 N–H and O–H groups in total. The van der Waals surface area contributed by atoms with E-state index in [2.05, 4.69) is 61.1 Å². The molecular weight excluding hydrogens is 258 g/mol. The molecule has 112 valence electrons. The largest absolute Gasteiger partial charge is 0.355 e. The summed E-state index contributed by atoms with van der Waals surface area (Å²) in [6.07, 6.45) is 3.70. The average molecular weight is 283 g/mol. The van der Waals surface area contributed by atoms with Crippen LogP contribution < -0.4 is 10.6 Å². The fraction of sp³-hybridized carbons (Fsp3) is 0.389. The number of anilines is 1. The van der Waals surface area contributed by atoms with E-state index in [1.165, 1.54) is 16.7 Å². The van der Waals surface area contributed by atoms with Gasteiger partial charge in [0.1, 0.15) is 5.82 Å². The monoisotopic (exact) mass is 283 g/mol. The van der Waals surface area contributed by atoms with Crippen LogP contribution in [0.25, 0.3) is 0 Å². The van der Waals surface area contributed by atoms with Crippen molar-refractivity contribution in [3.63, 3.8) is 0 Å². The maximum Gasteiger partial charge on any atom is 0.131 e. The second kappa shape index (κ2) is 7.23. The summed E-state index contributed by atoms with van der Waals surface area (Å²) in [6, 6.07) is 13.0. The van der Waals surface area contributed by atoms with Crippen LogP contribution in [0.1, 0.15) is 30.0 Å². The van der Waals surface area contributed by atoms with E-state index in [1.807, 2.05) is 12.3 Å². The van der Waals surface area contributed by atoms with Crippen LogP contribution in [-0.4, -0.2) is 18.1 Å². The van der Waals surface area contributed by atoms with E-state index >= 15 is 0 Å². The van der Waals surface area contributed by atoms with Gasteiger partial charge in [-0.2, -0.15) is 0 Å². The highest BCUT2D eigenvalue weighted by Crippen LogP contribution is 2.20. The Morgan fingerprint density at radius 2 is 1.90 bits per heavy atom. The Morgan fingerprint density at radius 3 is 2.57 bits per heavy atom. The minimum absolute atomic E-state index is 0.195. The first-order valence-corrected chi connectivity index (χ1v) is 7.56. The zero-order valence-electron chi connectivity index (χ0n) is 13.2. The van der Waals surface area contributed by atoms with Crippen LogP contribution >= 0.6 is 0 Å². The van der Waals surface area contributed by atoms with Crippen LogP contribution in [0.15, 0.2) is 42.6 Å². The molecule has 0 aliphatic rings. The predicted octanol–water partition coefficient (Wildman–Crippen LogP) is 3.31. The maximum absolute atomic E-state index is 6.10. The van der Waals surface area contributed by atoms with Crippen molar-refractivity contribution in [2.45, 2.75) is 39.3 Å². The van der Waals surface area contributed by atoms with Gasteiger partial charge in [-0.15, -0.1) is 0 Å². The van der Waals surface area contributed by atoms with Crippen molar-refractivity contribution in [2.24, 2.45) is 5.73 Å². The van der Waals surface area contributed by atoms with Crippen molar-refractivity contribution in [3.05, 3.63) is 59.3 Å². The number of benzene rings is 1. The Labute approximate surface area is 127 Å². The second-order valence-corrected chi connectivity index (χ2v) is 5.70. The molecular formula is C18H25N3. The van der Waals surface area contributed by atoms with Crippen molar-refractivity contribution in [2.75, 3.05) is 11.9 Å². The zero-order valence-corrected chi connectivity index (χ0v) is 13.2. The number of hydrogen-bond donors (Lipinski definition) is 1. The lowest BCUT2D eigenvalue weighted by Crippen LogP contribution is -2.25. The highest BCUT2D eigenvalue weighted by Gasteiger charge is 2.11. The van der Waals surface area contributed by atoms with Crippen molar-refractivity contribution >= 4 is 5.82 Å². The first-order chi connectivity index (χ1) is 10.1. The predicted molar refractivity (Wildman–Crippen MR) is 89.5 cm³/mol. The van der Waals surface area contributed by atoms with E-state index in [-0.39, 0.29) is 6.04 Å². The van der Waals surface area contributed by atoms with E-state index in [0.29, 0.717) is 0 Å². The van der Waals surface area contributed by atoms with Crippen LogP contribution in [0.4, 0.5) is 5.82 Å². The summed E-state index contributed by atoms with van der Waals surface area (Å²) in [4.78, 5) is 6.75. The number of nitrogens with two attached hydrogens (primary N) is 1. The molecule has 0 saturated carbocycles. The maximum atomic E-state index is 6.10. The number of hydrogen-bond acceptors (Lipinski definition) is 3. The van der Waals surface area contributed by atoms with E-state index < -0.39 is 0 Å². The molecule has 1 heterocycles. The van der Waals surface area contributed by atoms with Crippen molar-refractivity contribution < 1.29 is 0 Å². The van der Waals surface area contributed by atoms with Crippen molar-refractivity contribution in [1.29, 1.82) is 0 Å². The molecule has 0 aliphatic heterocycles. The summed E-state index contributed by atoms with van der Waals surface area (Å²) in [5, 5.41) is 0. The molecule has 1 aromatic heterocycles. The van der Waals surface area contributed by atoms with Gasteiger partial charge in [0.05, 0.1) is 0 Å². The standard InChI is InChI=1S/C18H25N3/c1-4-17(19)12-16-6-5-11-20-18(16)21(3)13-15-9-7-14(2)8-10-15/h5-11,17H,4,12-13,19H2,1-3H3. The van der Waals surface area contributed by atoms with Gasteiger partial charge in [-0.05, 0) is 37.0 Å². The minimum Gasteiger partial charge on any atom is -0.355 e. The molecule has 1 unspecified atom stereocenters. The van der Waals surface area contributed by atoms with Gasteiger partial charge in [0.25, 0.3) is 0 Å². The van der Waals surface area contributed by atoms with Gasteiger partial charge in [0, 0.05) is 25.8 Å². The van der Waals surface area contributed by atoms with Gasteiger partial charge < -0.3 is 10.6 Å². The van der Waals surface area contributed by atoms with Crippen molar-refractivity contribution in [1.82, 2.24) is 4.98 Å². The number of nitrogens with zero attached hydrogens (tertiary/aromatic N) is 2. The van der Waals surface area contributed by atoms with Crippen LogP contribution in [0.5, 0.6) is 0 Å². The van der Waals surface area contributed by atoms with Gasteiger partial charge in [0.2, 0.25) is 0 Å². The van der Waals surface area contributed by atoms with E-state index in [0.717, 1.165) is 25.2 Å². The Balaban J connectivity index is 2.14. The number of aryl methyl sites for hydroxylation is 1. The minimum atomic E-state index is 0.195. The van der Waals surface area contributed by atoms with Crippen LogP contribution in [0.3, 0.4) is 0 Å². The normalized spacial score (nSPS) is 12.2. The lowest BCUT2D eigenvalue weighted by atomic mass is 10.0. The quantitative estimate of drug-likeness (QED) is 0.884. The van der Waals surface area contributed by atoms with E-state index in [4.69, 9.17) is 5.73 Å². The van der Waals surface area contributed by atoms with Crippen LogP contribution in [0, 0.1) is 6.92 Å². The summed E-state index contributed by atoms with van der Waals surface area (Å²) >= 11 is 0. The topological polar surface area (TPSA) is 42.1 Å². The molecule has 3 heteroatoms. The number of rotatable bonds is 6. The Kier molecular flexibility index (Phi) is 5.34. The Hall–Kier alpha value is -1.87. The molecule has 2 rings (SSSR count). The molecule has 21 heavy (non-hydrogen) atoms. The highest BCUT2D eigenvalue weighted by atomic mass is 15.2. The Bertz CT molecular complexity index is 563. The van der Waals surface area contributed by atoms with Gasteiger partial charge in [-0.25, -0.2) is 4.98 Å². The molecule has 1 atom stereocenters. The lowest BCUT2D eigenvalue weighted by molar-refractivity contribution is 0.643. The third kappa shape index (κ3) is 4.30. The average Bonchev–Trinajstić information content (AvgIpc) is 2.50. The molecule has 0 fully saturated rings. The van der Waals surface area contributed by atoms with Gasteiger partial charge >= 0.3 is 0 Å². The molecule has 0 bridgehead atoms. The molecule has 0 spiro atoms. The lowest BCUT2D eigenvalue weighted by Gasteiger charge is -2.22. The number of pyridine rings is 1. The first kappa shape index (κ1) is 15.5. The van der Waals surface area contributed by atoms with Crippen LogP contribution in [0.2, 0.25) is 0 Å². The van der Waals surface area contributed by atoms with E-state index in [1.54, 1.807) is 0 Å². The summed E-state index contributed by atoms with van der Waals surface area (Å²) in [5.74, 6) is 1.03. The zero-order chi connectivity index (χ0) is 15.2. The Morgan fingerprint density at radius 1 is 1.19 bits per heavy atom. The molecule has 3 nitrogen and oxygen atoms in total. The highest BCUT2D eigenvalue weighted by molar-refractivity contribution is 5.47. The summed E-state index contributed by atoms with van der Waals surface area (Å²) in [6.45, 7) is 5.08. The van der Waals surface area contributed by atoms with E-state index in [9.17, 15) is 0 Å². The van der Waals surface area contributed by atoms with Crippen LogP contribution in [-0.2, 0) is 13.0 Å². The fourth-order valence-corrected chi connectivity index (χ4v) is 2.40. The van der Waals surface area contributed by atoms with Gasteiger partial charge in [-0.1, -0.05) is 42.8 Å². The molecule has 2 aromatic rings. The number of aromatic nitrogens is 1. The van der Waals surface area contributed by atoms with Gasteiger partial charge in [0.15, 0.2) is 0 Å². The second-order valence-electron chi connectivity index (χ2n) is 5.70. The summed E-state index contributed by atoms with van der Waals surface area (Å²) < 4.78 is 0. The molecule has 0 amide bonds. The molecule has 0 aliphatic carbocycles. The summed E-state index contributed by atoms with van der Waals surface area (Å²) in [7, 11) is 2.09. The molecule has 0 radical (unpaired) electrons. The third-order valence-electron chi connectivity index (χ3n) is 3.78. The first-order valence-electron chi connectivity index (χ1n) is 7.56. The molecule has 0 saturated heterocycles. The third-order valence-corrected chi connectivity index (χ3v) is 3.78. The SMILES string of the molecule is CCC(N)Cc1cccnc1N(C)Cc1ccc(C)cc1.